The molecule has 0 aliphatic heterocycles. The molecule has 2 aromatic rings. The van der Waals surface area contributed by atoms with Crippen molar-refractivity contribution in [2.24, 2.45) is 0 Å². The number of nitrogens with one attached hydrogen (secondary N) is 1. The topological polar surface area (TPSA) is 38.3 Å². The minimum Gasteiger partial charge on any atom is -0.483 e. The Kier molecular flexibility index (Phi) is 5.89. The molecule has 1 amide bonds. The van der Waals surface area contributed by atoms with Crippen LogP contribution in [0.3, 0.4) is 0 Å². The lowest BCUT2D eigenvalue weighted by atomic mass is 9.85. The van der Waals surface area contributed by atoms with Crippen molar-refractivity contribution in [1.82, 2.24) is 0 Å². The van der Waals surface area contributed by atoms with Gasteiger partial charge in [-0.25, -0.2) is 0 Å². The minimum absolute atomic E-state index is 0.00360. The molecule has 0 saturated carbocycles. The molecule has 3 nitrogen and oxygen atoms in total. The molecule has 0 bridgehead atoms. The summed E-state index contributed by atoms with van der Waals surface area (Å²) in [7, 11) is 0. The molecular formula is C22H29NO2. The third-order valence-electron chi connectivity index (χ3n) is 4.31. The Labute approximate surface area is 151 Å². The summed E-state index contributed by atoms with van der Waals surface area (Å²) in [6.07, 6.45) is 0.879. The average molecular weight is 339 g/mol. The van der Waals surface area contributed by atoms with Crippen molar-refractivity contribution in [1.29, 1.82) is 0 Å². The van der Waals surface area contributed by atoms with Crippen molar-refractivity contribution < 1.29 is 9.53 Å². The highest BCUT2D eigenvalue weighted by atomic mass is 16.5. The van der Waals surface area contributed by atoms with Gasteiger partial charge >= 0.3 is 0 Å². The second-order valence-electron chi connectivity index (χ2n) is 7.55. The van der Waals surface area contributed by atoms with Crippen LogP contribution < -0.4 is 10.1 Å². The number of ether oxygens (including phenoxy) is 1. The quantitative estimate of drug-likeness (QED) is 0.815. The van der Waals surface area contributed by atoms with Crippen LogP contribution in [0.25, 0.3) is 0 Å². The third kappa shape index (κ3) is 4.85. The smallest absolute Gasteiger partial charge is 0.262 e. The van der Waals surface area contributed by atoms with Gasteiger partial charge in [0.05, 0.1) is 0 Å². The van der Waals surface area contributed by atoms with E-state index in [0.29, 0.717) is 0 Å². The second-order valence-corrected chi connectivity index (χ2v) is 7.55. The van der Waals surface area contributed by atoms with Gasteiger partial charge in [0, 0.05) is 5.69 Å². The number of hydrogen-bond acceptors (Lipinski definition) is 2. The van der Waals surface area contributed by atoms with E-state index in [-0.39, 0.29) is 17.9 Å². The van der Waals surface area contributed by atoms with Crippen LogP contribution in [0.2, 0.25) is 0 Å². The van der Waals surface area contributed by atoms with E-state index in [4.69, 9.17) is 4.74 Å². The molecule has 0 saturated heterocycles. The molecule has 3 heteroatoms. The fourth-order valence-corrected chi connectivity index (χ4v) is 2.88. The number of carbonyl (C=O) groups is 1. The number of benzene rings is 2. The van der Waals surface area contributed by atoms with Gasteiger partial charge in [-0.15, -0.1) is 0 Å². The van der Waals surface area contributed by atoms with Gasteiger partial charge in [-0.2, -0.15) is 0 Å². The van der Waals surface area contributed by atoms with E-state index in [1.54, 1.807) is 0 Å². The average Bonchev–Trinajstić information content (AvgIpc) is 2.54. The van der Waals surface area contributed by atoms with Gasteiger partial charge in [-0.1, -0.05) is 63.6 Å². The van der Waals surface area contributed by atoms with Crippen molar-refractivity contribution in [2.75, 3.05) is 11.9 Å². The van der Waals surface area contributed by atoms with E-state index in [9.17, 15) is 4.79 Å². The van der Waals surface area contributed by atoms with E-state index in [0.717, 1.165) is 34.5 Å². The molecule has 134 valence electrons. The summed E-state index contributed by atoms with van der Waals surface area (Å²) in [5, 5.41) is 3.01. The van der Waals surface area contributed by atoms with Gasteiger partial charge in [0.25, 0.3) is 5.91 Å². The largest absolute Gasteiger partial charge is 0.483 e. The maximum atomic E-state index is 12.4. The number of aryl methyl sites for hydroxylation is 3. The van der Waals surface area contributed by atoms with Crippen LogP contribution in [0.1, 0.15) is 49.9 Å². The number of rotatable bonds is 5. The number of para-hydroxylation sites is 1. The standard InChI is InChI=1S/C22H29NO2/c1-7-17-10-8-9-16(3)21(17)23-20(24)14-25-19-12-11-15(2)13-18(19)22(4,5)6/h8-13H,7,14H2,1-6H3,(H,23,24). The molecule has 2 aromatic carbocycles. The Bertz CT molecular complexity index is 757. The van der Waals surface area contributed by atoms with Gasteiger partial charge in [-0.05, 0) is 48.4 Å². The fourth-order valence-electron chi connectivity index (χ4n) is 2.88. The molecule has 2 rings (SSSR count). The first-order valence-corrected chi connectivity index (χ1v) is 8.84. The summed E-state index contributed by atoms with van der Waals surface area (Å²) in [6, 6.07) is 12.2. The zero-order chi connectivity index (χ0) is 18.6. The van der Waals surface area contributed by atoms with E-state index < -0.39 is 0 Å². The molecule has 0 radical (unpaired) electrons. The first-order chi connectivity index (χ1) is 11.7. The Morgan fingerprint density at radius 3 is 2.48 bits per heavy atom. The normalized spacial score (nSPS) is 11.3. The number of anilines is 1. The summed E-state index contributed by atoms with van der Waals surface area (Å²) in [5.41, 5.74) is 5.37. The first-order valence-electron chi connectivity index (χ1n) is 8.84. The highest BCUT2D eigenvalue weighted by Crippen LogP contribution is 2.32. The van der Waals surface area contributed by atoms with Crippen molar-refractivity contribution >= 4 is 11.6 Å². The van der Waals surface area contributed by atoms with Crippen LogP contribution in [0.15, 0.2) is 36.4 Å². The number of hydrogen-bond donors (Lipinski definition) is 1. The second kappa shape index (κ2) is 7.73. The summed E-state index contributed by atoms with van der Waals surface area (Å²) >= 11 is 0. The van der Waals surface area contributed by atoms with Gasteiger partial charge in [0.2, 0.25) is 0 Å². The third-order valence-corrected chi connectivity index (χ3v) is 4.31. The molecule has 1 N–H and O–H groups in total. The van der Waals surface area contributed by atoms with Gasteiger partial charge in [0.15, 0.2) is 6.61 Å². The lowest BCUT2D eigenvalue weighted by Gasteiger charge is -2.23. The lowest BCUT2D eigenvalue weighted by Crippen LogP contribution is -2.23. The SMILES string of the molecule is CCc1cccc(C)c1NC(=O)COc1ccc(C)cc1C(C)(C)C. The van der Waals surface area contributed by atoms with E-state index in [2.05, 4.69) is 46.0 Å². The Balaban J connectivity index is 2.12. The summed E-state index contributed by atoms with van der Waals surface area (Å²) < 4.78 is 5.85. The van der Waals surface area contributed by atoms with Crippen LogP contribution >= 0.6 is 0 Å². The van der Waals surface area contributed by atoms with Crippen LogP contribution in [-0.2, 0) is 16.6 Å². The maximum Gasteiger partial charge on any atom is 0.262 e. The summed E-state index contributed by atoms with van der Waals surface area (Å²) in [4.78, 5) is 12.4. The van der Waals surface area contributed by atoms with E-state index >= 15 is 0 Å². The Hall–Kier alpha value is -2.29. The van der Waals surface area contributed by atoms with Crippen LogP contribution in [0.5, 0.6) is 5.75 Å². The molecule has 0 heterocycles. The molecule has 0 aromatic heterocycles. The maximum absolute atomic E-state index is 12.4. The predicted octanol–water partition coefficient (Wildman–Crippen LogP) is 5.18. The zero-order valence-electron chi connectivity index (χ0n) is 16.2. The number of carbonyl (C=O) groups excluding carboxylic acids is 1. The molecule has 25 heavy (non-hydrogen) atoms. The van der Waals surface area contributed by atoms with Gasteiger partial charge in [-0.3, -0.25) is 4.79 Å². The lowest BCUT2D eigenvalue weighted by molar-refractivity contribution is -0.118. The van der Waals surface area contributed by atoms with E-state index in [1.807, 2.05) is 37.3 Å². The molecular weight excluding hydrogens is 310 g/mol. The Morgan fingerprint density at radius 1 is 1.12 bits per heavy atom. The molecule has 0 fully saturated rings. The summed E-state index contributed by atoms with van der Waals surface area (Å²) in [5.74, 6) is 0.637. The fraction of sp³-hybridized carbons (Fsp3) is 0.409. The van der Waals surface area contributed by atoms with Crippen molar-refractivity contribution in [2.45, 2.75) is 53.4 Å². The molecule has 0 spiro atoms. The first kappa shape index (κ1) is 19.0. The zero-order valence-corrected chi connectivity index (χ0v) is 16.2. The van der Waals surface area contributed by atoms with Crippen molar-refractivity contribution in [3.8, 4) is 5.75 Å². The van der Waals surface area contributed by atoms with Gasteiger partial charge in [0.1, 0.15) is 5.75 Å². The van der Waals surface area contributed by atoms with Crippen LogP contribution in [0.4, 0.5) is 5.69 Å². The number of amides is 1. The van der Waals surface area contributed by atoms with Crippen LogP contribution in [-0.4, -0.2) is 12.5 Å². The van der Waals surface area contributed by atoms with Gasteiger partial charge < -0.3 is 10.1 Å². The van der Waals surface area contributed by atoms with Crippen molar-refractivity contribution in [3.63, 3.8) is 0 Å². The minimum atomic E-state index is -0.135. The molecule has 0 unspecified atom stereocenters. The van der Waals surface area contributed by atoms with Crippen molar-refractivity contribution in [3.05, 3.63) is 58.7 Å². The summed E-state index contributed by atoms with van der Waals surface area (Å²) in [6.45, 7) is 12.6. The molecule has 0 aliphatic rings. The van der Waals surface area contributed by atoms with E-state index in [1.165, 1.54) is 5.56 Å². The molecule has 0 aliphatic carbocycles. The Morgan fingerprint density at radius 2 is 1.84 bits per heavy atom. The molecule has 0 atom stereocenters. The highest BCUT2D eigenvalue weighted by molar-refractivity contribution is 5.93. The predicted molar refractivity (Wildman–Crippen MR) is 105 cm³/mol. The monoisotopic (exact) mass is 339 g/mol. The highest BCUT2D eigenvalue weighted by Gasteiger charge is 2.20. The van der Waals surface area contributed by atoms with Crippen LogP contribution in [0, 0.1) is 13.8 Å².